The van der Waals surface area contributed by atoms with E-state index < -0.39 is 41.8 Å². The van der Waals surface area contributed by atoms with E-state index in [0.717, 1.165) is 23.5 Å². The number of nitrogens with two attached hydrogens (primary N) is 2. The highest BCUT2D eigenvalue weighted by molar-refractivity contribution is 8.04. The lowest BCUT2D eigenvalue weighted by Gasteiger charge is -2.21. The van der Waals surface area contributed by atoms with Crippen LogP contribution in [0.25, 0.3) is 0 Å². The number of rotatable bonds is 11. The summed E-state index contributed by atoms with van der Waals surface area (Å²) in [6.07, 6.45) is -2.65. The van der Waals surface area contributed by atoms with E-state index in [0.29, 0.717) is 5.75 Å². The molecular formula is C10H17F3N2O2S2. The van der Waals surface area contributed by atoms with Crippen LogP contribution in [0.3, 0.4) is 0 Å². The highest BCUT2D eigenvalue weighted by Crippen LogP contribution is 2.26. The van der Waals surface area contributed by atoms with Gasteiger partial charge in [-0.1, -0.05) is 0 Å². The highest BCUT2D eigenvalue weighted by Gasteiger charge is 2.31. The van der Waals surface area contributed by atoms with Crippen LogP contribution in [-0.4, -0.2) is 46.9 Å². The van der Waals surface area contributed by atoms with Crippen LogP contribution in [-0.2, 0) is 9.59 Å². The molecule has 112 valence electrons. The van der Waals surface area contributed by atoms with Gasteiger partial charge < -0.3 is 11.5 Å². The first kappa shape index (κ1) is 18.4. The lowest BCUT2D eigenvalue weighted by Crippen LogP contribution is -2.43. The van der Waals surface area contributed by atoms with Crippen LogP contribution in [0.15, 0.2) is 0 Å². The third-order valence-corrected chi connectivity index (χ3v) is 4.94. The first-order valence-electron chi connectivity index (χ1n) is 5.56. The van der Waals surface area contributed by atoms with Crippen molar-refractivity contribution in [1.29, 1.82) is 0 Å². The molecular weight excluding hydrogens is 301 g/mol. The second kappa shape index (κ2) is 10.2. The molecule has 9 heteroatoms. The second-order valence-electron chi connectivity index (χ2n) is 3.61. The van der Waals surface area contributed by atoms with Crippen LogP contribution in [0.4, 0.5) is 13.2 Å². The zero-order chi connectivity index (χ0) is 14.8. The highest BCUT2D eigenvalue weighted by atomic mass is 32.2. The number of carbonyl (C=O) groups excluding carboxylic acids is 2. The third-order valence-electron chi connectivity index (χ3n) is 2.04. The van der Waals surface area contributed by atoms with Crippen molar-refractivity contribution in [3.63, 3.8) is 0 Å². The van der Waals surface area contributed by atoms with Crippen LogP contribution in [0, 0.1) is 0 Å². The summed E-state index contributed by atoms with van der Waals surface area (Å²) in [5.41, 5.74) is 10.3. The number of halogens is 3. The molecule has 0 fully saturated rings. The lowest BCUT2D eigenvalue weighted by molar-refractivity contribution is -0.122. The molecule has 0 aliphatic rings. The van der Waals surface area contributed by atoms with Crippen molar-refractivity contribution in [2.45, 2.75) is 29.8 Å². The number of amides is 2. The fourth-order valence-corrected chi connectivity index (χ4v) is 3.70. The largest absolute Gasteiger partial charge is 0.369 e. The summed E-state index contributed by atoms with van der Waals surface area (Å²) in [4.78, 5) is 22.5. The lowest BCUT2D eigenvalue weighted by atomic mass is 10.3. The van der Waals surface area contributed by atoms with E-state index >= 15 is 0 Å². The first-order valence-corrected chi connectivity index (χ1v) is 7.65. The fraction of sp³-hybridized carbons (Fsp3) is 0.800. The molecule has 0 saturated heterocycles. The van der Waals surface area contributed by atoms with Crippen LogP contribution >= 0.6 is 23.5 Å². The minimum atomic E-state index is -2.48. The monoisotopic (exact) mass is 318 g/mol. The van der Waals surface area contributed by atoms with Crippen molar-refractivity contribution < 1.29 is 22.8 Å². The third kappa shape index (κ3) is 8.25. The molecule has 19 heavy (non-hydrogen) atoms. The molecule has 0 radical (unpaired) electrons. The topological polar surface area (TPSA) is 86.2 Å². The van der Waals surface area contributed by atoms with Crippen molar-refractivity contribution in [3.8, 4) is 0 Å². The Balaban J connectivity index is 4.49. The molecule has 2 atom stereocenters. The number of carbonyl (C=O) groups is 2. The van der Waals surface area contributed by atoms with Gasteiger partial charge in [-0.25, -0.2) is 8.78 Å². The molecule has 2 amide bonds. The number of hydrogen-bond donors (Lipinski definition) is 2. The molecule has 0 rings (SSSR count). The average molecular weight is 318 g/mol. The minimum absolute atomic E-state index is 0.00127. The van der Waals surface area contributed by atoms with Crippen LogP contribution in [0.1, 0.15) is 12.8 Å². The van der Waals surface area contributed by atoms with Crippen molar-refractivity contribution in [3.05, 3.63) is 0 Å². The Kier molecular flexibility index (Phi) is 9.94. The van der Waals surface area contributed by atoms with Crippen molar-refractivity contribution >= 4 is 35.3 Å². The quantitative estimate of drug-likeness (QED) is 0.560. The summed E-state index contributed by atoms with van der Waals surface area (Å²) in [6.45, 7) is -0.543. The van der Waals surface area contributed by atoms with E-state index in [1.54, 1.807) is 0 Å². The van der Waals surface area contributed by atoms with Gasteiger partial charge in [0.15, 0.2) is 0 Å². The predicted octanol–water partition coefficient (Wildman–Crippen LogP) is 1.18. The first-order chi connectivity index (χ1) is 8.90. The van der Waals surface area contributed by atoms with E-state index in [9.17, 15) is 22.8 Å². The normalized spacial score (nSPS) is 14.3. The zero-order valence-corrected chi connectivity index (χ0v) is 11.8. The molecule has 0 saturated carbocycles. The average Bonchev–Trinajstić information content (AvgIpc) is 2.30. The summed E-state index contributed by atoms with van der Waals surface area (Å²) in [7, 11) is 0. The summed E-state index contributed by atoms with van der Waals surface area (Å²) in [6, 6.07) is 0. The van der Waals surface area contributed by atoms with E-state index in [1.165, 1.54) is 0 Å². The molecule has 4 N–H and O–H groups in total. The molecule has 0 aromatic heterocycles. The standard InChI is InChI=1S/C10H17F3N2O2S2/c11-3-1-4-18-7(9(14)16)8(10(15)17)19-5-2-6(12)13/h6-8H,1-5H2,(H2,14,16)(H2,15,17). The molecule has 2 unspecified atom stereocenters. The van der Waals surface area contributed by atoms with Crippen molar-refractivity contribution in [1.82, 2.24) is 0 Å². The molecule has 4 nitrogen and oxygen atoms in total. The Morgan fingerprint density at radius 3 is 1.84 bits per heavy atom. The number of alkyl halides is 3. The Morgan fingerprint density at radius 2 is 1.47 bits per heavy atom. The van der Waals surface area contributed by atoms with Gasteiger partial charge in [-0.2, -0.15) is 0 Å². The van der Waals surface area contributed by atoms with Gasteiger partial charge in [0, 0.05) is 6.42 Å². The fourth-order valence-electron chi connectivity index (χ4n) is 1.19. The van der Waals surface area contributed by atoms with Gasteiger partial charge in [0.25, 0.3) is 0 Å². The maximum absolute atomic E-state index is 12.0. The van der Waals surface area contributed by atoms with Gasteiger partial charge in [0.2, 0.25) is 18.2 Å². The summed E-state index contributed by atoms with van der Waals surface area (Å²) in [5.74, 6) is -1.23. The number of thioether (sulfide) groups is 2. The molecule has 0 aromatic carbocycles. The maximum Gasteiger partial charge on any atom is 0.239 e. The van der Waals surface area contributed by atoms with Gasteiger partial charge >= 0.3 is 0 Å². The Hall–Kier alpha value is -0.570. The molecule has 0 aliphatic heterocycles. The molecule has 0 spiro atoms. The van der Waals surface area contributed by atoms with Crippen LogP contribution in [0.5, 0.6) is 0 Å². The molecule has 0 aromatic rings. The van der Waals surface area contributed by atoms with Gasteiger partial charge in [-0.3, -0.25) is 14.0 Å². The second-order valence-corrected chi connectivity index (χ2v) is 6.11. The van der Waals surface area contributed by atoms with Crippen molar-refractivity contribution in [2.75, 3.05) is 18.2 Å². The van der Waals surface area contributed by atoms with Gasteiger partial charge in [0.05, 0.1) is 6.67 Å². The van der Waals surface area contributed by atoms with Gasteiger partial charge in [0.1, 0.15) is 10.5 Å². The SMILES string of the molecule is NC(=O)C(SCCCF)C(SCCC(F)F)C(N)=O. The minimum Gasteiger partial charge on any atom is -0.369 e. The summed E-state index contributed by atoms with van der Waals surface area (Å²) >= 11 is 1.91. The van der Waals surface area contributed by atoms with Gasteiger partial charge in [-0.15, -0.1) is 23.5 Å². The van der Waals surface area contributed by atoms with E-state index in [4.69, 9.17) is 11.5 Å². The Morgan fingerprint density at radius 1 is 1.00 bits per heavy atom. The summed E-state index contributed by atoms with van der Waals surface area (Å²) < 4.78 is 36.0. The van der Waals surface area contributed by atoms with E-state index in [1.807, 2.05) is 0 Å². The molecule has 0 bridgehead atoms. The molecule has 0 heterocycles. The van der Waals surface area contributed by atoms with Crippen LogP contribution in [0.2, 0.25) is 0 Å². The van der Waals surface area contributed by atoms with E-state index in [-0.39, 0.29) is 12.2 Å². The molecule has 0 aliphatic carbocycles. The Bertz CT molecular complexity index is 296. The smallest absolute Gasteiger partial charge is 0.239 e. The van der Waals surface area contributed by atoms with Crippen LogP contribution < -0.4 is 11.5 Å². The summed E-state index contributed by atoms with van der Waals surface area (Å²) in [5, 5.41) is -1.90. The van der Waals surface area contributed by atoms with E-state index in [2.05, 4.69) is 0 Å². The number of primary amides is 2. The Labute approximate surface area is 118 Å². The predicted molar refractivity (Wildman–Crippen MR) is 72.1 cm³/mol. The zero-order valence-electron chi connectivity index (χ0n) is 10.2. The number of hydrogen-bond acceptors (Lipinski definition) is 4. The maximum atomic E-state index is 12.0. The van der Waals surface area contributed by atoms with Crippen molar-refractivity contribution in [2.24, 2.45) is 11.5 Å². The van der Waals surface area contributed by atoms with Gasteiger partial charge in [-0.05, 0) is 17.9 Å².